The van der Waals surface area contributed by atoms with E-state index in [2.05, 4.69) is 0 Å². The van der Waals surface area contributed by atoms with E-state index in [1.165, 1.54) is 18.4 Å². The van der Waals surface area contributed by atoms with Crippen LogP contribution in [0.2, 0.25) is 0 Å². The topological polar surface area (TPSA) is 44.8 Å². The molecule has 0 atom stereocenters. The van der Waals surface area contributed by atoms with Gasteiger partial charge in [-0.1, -0.05) is 12.1 Å². The standard InChI is InChI=1S/C20H28O4/c1-20(2,3)24-18(21)13-15-5-4-6-17(19(15)14-7-8-14)23-16-9-11-22-12-10-16/h4-6,14,16H,7-13H2,1-3H3. The minimum absolute atomic E-state index is 0.174. The summed E-state index contributed by atoms with van der Waals surface area (Å²) in [6, 6.07) is 6.07. The first-order valence-electron chi connectivity index (χ1n) is 9.00. The van der Waals surface area contributed by atoms with Gasteiger partial charge in [0.15, 0.2) is 0 Å². The maximum Gasteiger partial charge on any atom is 0.310 e. The van der Waals surface area contributed by atoms with Crippen LogP contribution in [0.5, 0.6) is 5.75 Å². The summed E-state index contributed by atoms with van der Waals surface area (Å²) in [5.41, 5.74) is 1.82. The lowest BCUT2D eigenvalue weighted by molar-refractivity contribution is -0.153. The predicted octanol–water partition coefficient (Wildman–Crippen LogP) is 4.01. The summed E-state index contributed by atoms with van der Waals surface area (Å²) in [5, 5.41) is 0. The molecule has 0 N–H and O–H groups in total. The quantitative estimate of drug-likeness (QED) is 0.764. The number of carbonyl (C=O) groups excluding carboxylic acids is 1. The largest absolute Gasteiger partial charge is 0.490 e. The second-order valence-corrected chi connectivity index (χ2v) is 7.80. The van der Waals surface area contributed by atoms with Crippen LogP contribution in [0.4, 0.5) is 0 Å². The van der Waals surface area contributed by atoms with Crippen LogP contribution in [0.25, 0.3) is 0 Å². The second kappa shape index (κ2) is 7.14. The second-order valence-electron chi connectivity index (χ2n) is 7.80. The zero-order valence-electron chi connectivity index (χ0n) is 15.0. The zero-order valence-corrected chi connectivity index (χ0v) is 15.0. The molecule has 1 saturated carbocycles. The molecule has 0 aromatic heterocycles. The highest BCUT2D eigenvalue weighted by atomic mass is 16.6. The number of hydrogen-bond donors (Lipinski definition) is 0. The summed E-state index contributed by atoms with van der Waals surface area (Å²) >= 11 is 0. The first kappa shape index (κ1) is 17.3. The molecule has 0 unspecified atom stereocenters. The Morgan fingerprint density at radius 2 is 1.88 bits per heavy atom. The average molecular weight is 332 g/mol. The van der Waals surface area contributed by atoms with Gasteiger partial charge >= 0.3 is 5.97 Å². The maximum absolute atomic E-state index is 12.2. The Labute approximate surface area is 144 Å². The highest BCUT2D eigenvalue weighted by Gasteiger charge is 2.31. The summed E-state index contributed by atoms with van der Waals surface area (Å²) in [4.78, 5) is 12.2. The molecule has 1 heterocycles. The Kier molecular flexibility index (Phi) is 5.14. The number of esters is 1. The third kappa shape index (κ3) is 4.73. The van der Waals surface area contributed by atoms with Crippen LogP contribution < -0.4 is 4.74 Å². The average Bonchev–Trinajstić information content (AvgIpc) is 3.31. The summed E-state index contributed by atoms with van der Waals surface area (Å²) in [6.07, 6.45) is 4.74. The first-order chi connectivity index (χ1) is 11.4. The van der Waals surface area contributed by atoms with Gasteiger partial charge in [-0.15, -0.1) is 0 Å². The maximum atomic E-state index is 12.2. The van der Waals surface area contributed by atoms with Gasteiger partial charge in [-0.3, -0.25) is 4.79 Å². The third-order valence-electron chi connectivity index (χ3n) is 4.36. The minimum Gasteiger partial charge on any atom is -0.490 e. The number of hydrogen-bond acceptors (Lipinski definition) is 4. The molecular formula is C20H28O4. The van der Waals surface area contributed by atoms with Gasteiger partial charge in [-0.25, -0.2) is 0 Å². The molecule has 24 heavy (non-hydrogen) atoms. The van der Waals surface area contributed by atoms with Gasteiger partial charge in [-0.2, -0.15) is 0 Å². The van der Waals surface area contributed by atoms with Crippen molar-refractivity contribution in [2.45, 2.75) is 70.5 Å². The SMILES string of the molecule is CC(C)(C)OC(=O)Cc1cccc(OC2CCOCC2)c1C1CC1. The van der Waals surface area contributed by atoms with Gasteiger partial charge in [0, 0.05) is 18.4 Å². The van der Waals surface area contributed by atoms with Crippen molar-refractivity contribution in [1.82, 2.24) is 0 Å². The van der Waals surface area contributed by atoms with E-state index < -0.39 is 5.60 Å². The lowest BCUT2D eigenvalue weighted by Crippen LogP contribution is -2.27. The molecule has 2 aliphatic rings. The summed E-state index contributed by atoms with van der Waals surface area (Å²) in [6.45, 7) is 7.23. The molecule has 4 heteroatoms. The lowest BCUT2D eigenvalue weighted by atomic mass is 9.99. The van der Waals surface area contributed by atoms with Crippen molar-refractivity contribution in [2.24, 2.45) is 0 Å². The van der Waals surface area contributed by atoms with Crippen LogP contribution in [-0.2, 0) is 20.7 Å². The summed E-state index contributed by atoms with van der Waals surface area (Å²) in [7, 11) is 0. The first-order valence-corrected chi connectivity index (χ1v) is 9.00. The van der Waals surface area contributed by atoms with Gasteiger partial charge in [0.25, 0.3) is 0 Å². The normalized spacial score (nSPS) is 19.1. The Balaban J connectivity index is 1.76. The molecule has 0 radical (unpaired) electrons. The van der Waals surface area contributed by atoms with Gasteiger partial charge in [-0.05, 0) is 51.2 Å². The Hall–Kier alpha value is -1.55. The van der Waals surface area contributed by atoms with E-state index in [4.69, 9.17) is 14.2 Å². The number of rotatable bonds is 5. The lowest BCUT2D eigenvalue weighted by Gasteiger charge is -2.25. The molecule has 0 amide bonds. The molecule has 132 valence electrons. The fraction of sp³-hybridized carbons (Fsp3) is 0.650. The van der Waals surface area contributed by atoms with E-state index in [-0.39, 0.29) is 12.1 Å². The summed E-state index contributed by atoms with van der Waals surface area (Å²) < 4.78 is 17.2. The molecular weight excluding hydrogens is 304 g/mol. The molecule has 1 aromatic carbocycles. The van der Waals surface area contributed by atoms with Gasteiger partial charge in [0.1, 0.15) is 17.5 Å². The van der Waals surface area contributed by atoms with Gasteiger partial charge in [0.05, 0.1) is 19.6 Å². The van der Waals surface area contributed by atoms with Crippen molar-refractivity contribution in [3.8, 4) is 5.75 Å². The van der Waals surface area contributed by atoms with Gasteiger partial charge < -0.3 is 14.2 Å². The number of ether oxygens (including phenoxy) is 3. The fourth-order valence-corrected chi connectivity index (χ4v) is 3.19. The van der Waals surface area contributed by atoms with Crippen molar-refractivity contribution < 1.29 is 19.0 Å². The molecule has 1 aliphatic carbocycles. The third-order valence-corrected chi connectivity index (χ3v) is 4.36. The van der Waals surface area contributed by atoms with Crippen molar-refractivity contribution in [1.29, 1.82) is 0 Å². The molecule has 4 nitrogen and oxygen atoms in total. The number of carbonyl (C=O) groups is 1. The molecule has 2 fully saturated rings. The van der Waals surface area contributed by atoms with Crippen molar-refractivity contribution in [2.75, 3.05) is 13.2 Å². The van der Waals surface area contributed by atoms with E-state index in [1.807, 2.05) is 39.0 Å². The Morgan fingerprint density at radius 3 is 2.50 bits per heavy atom. The van der Waals surface area contributed by atoms with Crippen LogP contribution in [-0.4, -0.2) is 30.9 Å². The van der Waals surface area contributed by atoms with Crippen molar-refractivity contribution in [3.63, 3.8) is 0 Å². The molecule has 3 rings (SSSR count). The summed E-state index contributed by atoms with van der Waals surface area (Å²) in [5.74, 6) is 1.30. The molecule has 0 bridgehead atoms. The molecule has 1 aliphatic heterocycles. The van der Waals surface area contributed by atoms with Crippen LogP contribution in [0.1, 0.15) is 63.5 Å². The predicted molar refractivity (Wildman–Crippen MR) is 92.4 cm³/mol. The zero-order chi connectivity index (χ0) is 17.2. The van der Waals surface area contributed by atoms with E-state index in [0.717, 1.165) is 37.4 Å². The van der Waals surface area contributed by atoms with Gasteiger partial charge in [0.2, 0.25) is 0 Å². The van der Waals surface area contributed by atoms with E-state index in [1.54, 1.807) is 0 Å². The molecule has 1 aromatic rings. The highest BCUT2D eigenvalue weighted by molar-refractivity contribution is 5.74. The van der Waals surface area contributed by atoms with E-state index in [9.17, 15) is 4.79 Å². The van der Waals surface area contributed by atoms with E-state index >= 15 is 0 Å². The number of benzene rings is 1. The smallest absolute Gasteiger partial charge is 0.310 e. The molecule has 1 saturated heterocycles. The minimum atomic E-state index is -0.451. The highest BCUT2D eigenvalue weighted by Crippen LogP contribution is 2.46. The van der Waals surface area contributed by atoms with Crippen LogP contribution >= 0.6 is 0 Å². The Bertz CT molecular complexity index is 578. The van der Waals surface area contributed by atoms with Crippen LogP contribution in [0.15, 0.2) is 18.2 Å². The van der Waals surface area contributed by atoms with Crippen molar-refractivity contribution >= 4 is 5.97 Å². The molecule has 0 spiro atoms. The van der Waals surface area contributed by atoms with Crippen LogP contribution in [0, 0.1) is 0 Å². The van der Waals surface area contributed by atoms with E-state index in [0.29, 0.717) is 12.3 Å². The fourth-order valence-electron chi connectivity index (χ4n) is 3.19. The monoisotopic (exact) mass is 332 g/mol. The van der Waals surface area contributed by atoms with Crippen molar-refractivity contribution in [3.05, 3.63) is 29.3 Å². The van der Waals surface area contributed by atoms with Crippen LogP contribution in [0.3, 0.4) is 0 Å². The Morgan fingerprint density at radius 1 is 1.17 bits per heavy atom.